The topological polar surface area (TPSA) is 56.2 Å². The molecule has 2 aliphatic carbocycles. The van der Waals surface area contributed by atoms with Gasteiger partial charge in [-0.05, 0) is 75.4 Å². The third-order valence-electron chi connectivity index (χ3n) is 9.30. The third kappa shape index (κ3) is 3.18. The molecule has 36 heavy (non-hydrogen) atoms. The number of piperidine rings is 1. The minimum absolute atomic E-state index is 0.0924. The zero-order valence-corrected chi connectivity index (χ0v) is 21.8. The Hall–Kier alpha value is -3.17. The van der Waals surface area contributed by atoms with Gasteiger partial charge in [-0.15, -0.1) is 0 Å². The van der Waals surface area contributed by atoms with Crippen LogP contribution in [0.5, 0.6) is 11.5 Å². The normalized spacial score (nSPS) is 29.5. The summed E-state index contributed by atoms with van der Waals surface area (Å²) in [4.78, 5) is 19.7. The molecule has 6 heteroatoms. The number of aromatic hydroxyl groups is 1. The molecule has 2 fully saturated rings. The third-order valence-corrected chi connectivity index (χ3v) is 9.30. The SMILES string of the molecule is Cc1cccc(C#CC(=O)N(C)[C@@H]2CC[C@H]3[C@H]4Cc5c(N(C)C)cc(O)c6c5[C@@]3(CCN4C)[C@H]2O6)c1. The number of likely N-dealkylation sites (N-methyl/N-ethyl adjacent to an activating group) is 2. The summed E-state index contributed by atoms with van der Waals surface area (Å²) in [6.45, 7) is 3.01. The number of ether oxygens (including phenoxy) is 1. The highest BCUT2D eigenvalue weighted by Gasteiger charge is 2.66. The average molecular weight is 486 g/mol. The molecular formula is C30H35N3O3. The molecule has 0 unspecified atom stereocenters. The molecule has 188 valence electrons. The Balaban J connectivity index is 1.40. The van der Waals surface area contributed by atoms with Crippen molar-refractivity contribution in [3.05, 3.63) is 52.6 Å². The monoisotopic (exact) mass is 485 g/mol. The minimum Gasteiger partial charge on any atom is -0.504 e. The van der Waals surface area contributed by atoms with Gasteiger partial charge >= 0.3 is 0 Å². The van der Waals surface area contributed by atoms with E-state index in [2.05, 4.69) is 28.7 Å². The van der Waals surface area contributed by atoms with Crippen molar-refractivity contribution in [2.45, 2.75) is 56.2 Å². The fraction of sp³-hybridized carbons (Fsp3) is 0.500. The minimum atomic E-state index is -0.189. The van der Waals surface area contributed by atoms with Crippen molar-refractivity contribution in [1.29, 1.82) is 0 Å². The molecule has 1 amide bonds. The highest BCUT2D eigenvalue weighted by atomic mass is 16.5. The van der Waals surface area contributed by atoms with E-state index in [4.69, 9.17) is 4.74 Å². The number of phenolic OH excluding ortho intramolecular Hbond substituents is 1. The maximum absolute atomic E-state index is 13.3. The number of hydrogen-bond donors (Lipinski definition) is 1. The first-order valence-electron chi connectivity index (χ1n) is 13.0. The molecule has 0 radical (unpaired) electrons. The maximum Gasteiger partial charge on any atom is 0.298 e. The fourth-order valence-electron chi connectivity index (χ4n) is 7.66. The average Bonchev–Trinajstić information content (AvgIpc) is 3.20. The summed E-state index contributed by atoms with van der Waals surface area (Å²) in [6.07, 6.45) is 3.67. The second-order valence-electron chi connectivity index (χ2n) is 11.4. The van der Waals surface area contributed by atoms with E-state index in [1.807, 2.05) is 58.4 Å². The zero-order valence-electron chi connectivity index (χ0n) is 21.8. The molecule has 5 atom stereocenters. The summed E-state index contributed by atoms with van der Waals surface area (Å²) < 4.78 is 6.71. The van der Waals surface area contributed by atoms with Crippen LogP contribution in [0.2, 0.25) is 0 Å². The second-order valence-corrected chi connectivity index (χ2v) is 11.4. The molecule has 1 spiro atoms. The number of rotatable bonds is 2. The van der Waals surface area contributed by atoms with Gasteiger partial charge in [-0.2, -0.15) is 0 Å². The summed E-state index contributed by atoms with van der Waals surface area (Å²) in [7, 11) is 8.18. The predicted molar refractivity (Wildman–Crippen MR) is 141 cm³/mol. The standard InChI is InChI=1S/C30H35N3O3/c1-18-7-6-8-19(15-18)9-12-26(35)33(5)22-11-10-21-24-16-20-23(31(2)3)17-25(34)28-27(20)30(21,29(22)36-28)13-14-32(24)4/h6-8,15,17,21-22,24,29,34H,10-11,13-14,16H2,1-5H3/t21-,22+,24+,29-,30-/m0/s1. The van der Waals surface area contributed by atoms with Crippen LogP contribution in [-0.2, 0) is 16.6 Å². The van der Waals surface area contributed by atoms with E-state index in [9.17, 15) is 9.90 Å². The van der Waals surface area contributed by atoms with Crippen LogP contribution in [0.15, 0.2) is 30.3 Å². The van der Waals surface area contributed by atoms with Crippen molar-refractivity contribution in [2.75, 3.05) is 39.6 Å². The lowest BCUT2D eigenvalue weighted by molar-refractivity contribution is -0.133. The number of likely N-dealkylation sites (tertiary alicyclic amines) is 1. The van der Waals surface area contributed by atoms with Crippen LogP contribution in [0.4, 0.5) is 5.69 Å². The van der Waals surface area contributed by atoms with Crippen LogP contribution in [0.3, 0.4) is 0 Å². The van der Waals surface area contributed by atoms with E-state index in [1.54, 1.807) is 4.90 Å². The van der Waals surface area contributed by atoms with Gasteiger partial charge in [-0.25, -0.2) is 0 Å². The molecule has 2 heterocycles. The highest BCUT2D eigenvalue weighted by Crippen LogP contribution is 2.65. The van der Waals surface area contributed by atoms with E-state index in [-0.39, 0.29) is 29.2 Å². The first-order chi connectivity index (χ1) is 17.2. The summed E-state index contributed by atoms with van der Waals surface area (Å²) in [6, 6.07) is 10.1. The Bertz CT molecular complexity index is 1310. The van der Waals surface area contributed by atoms with Crippen LogP contribution in [0.1, 0.15) is 41.5 Å². The van der Waals surface area contributed by atoms with Gasteiger partial charge in [0.05, 0.1) is 6.04 Å². The number of carbonyl (C=O) groups is 1. The van der Waals surface area contributed by atoms with Crippen molar-refractivity contribution in [3.8, 4) is 23.3 Å². The van der Waals surface area contributed by atoms with Crippen molar-refractivity contribution in [2.24, 2.45) is 5.92 Å². The molecule has 2 bridgehead atoms. The highest BCUT2D eigenvalue weighted by molar-refractivity contribution is 5.94. The number of hydrogen-bond acceptors (Lipinski definition) is 5. The number of amides is 1. The van der Waals surface area contributed by atoms with Crippen molar-refractivity contribution in [1.82, 2.24) is 9.80 Å². The van der Waals surface area contributed by atoms with E-state index in [0.717, 1.165) is 49.0 Å². The van der Waals surface area contributed by atoms with Crippen molar-refractivity contribution >= 4 is 11.6 Å². The van der Waals surface area contributed by atoms with Crippen molar-refractivity contribution in [3.63, 3.8) is 0 Å². The Morgan fingerprint density at radius 2 is 2.03 bits per heavy atom. The first-order valence-corrected chi connectivity index (χ1v) is 13.0. The lowest BCUT2D eigenvalue weighted by atomic mass is 9.51. The van der Waals surface area contributed by atoms with E-state index in [0.29, 0.717) is 17.7 Å². The lowest BCUT2D eigenvalue weighted by Crippen LogP contribution is -2.68. The molecule has 2 aromatic rings. The summed E-state index contributed by atoms with van der Waals surface area (Å²) >= 11 is 0. The molecule has 4 aliphatic rings. The Morgan fingerprint density at radius 1 is 1.22 bits per heavy atom. The molecule has 1 N–H and O–H groups in total. The van der Waals surface area contributed by atoms with Gasteiger partial charge in [0.1, 0.15) is 6.10 Å². The number of anilines is 1. The van der Waals surface area contributed by atoms with Crippen LogP contribution < -0.4 is 9.64 Å². The Kier molecular flexibility index (Phi) is 5.28. The van der Waals surface area contributed by atoms with E-state index >= 15 is 0 Å². The number of carbonyl (C=O) groups excluding carboxylic acids is 1. The second kappa shape index (κ2) is 8.18. The van der Waals surface area contributed by atoms with Crippen LogP contribution in [-0.4, -0.2) is 73.7 Å². The summed E-state index contributed by atoms with van der Waals surface area (Å²) in [5.41, 5.74) is 5.37. The maximum atomic E-state index is 13.3. The number of phenols is 1. The molecule has 6 nitrogen and oxygen atoms in total. The Labute approximate surface area is 213 Å². The number of nitrogens with zero attached hydrogens (tertiary/aromatic N) is 3. The van der Waals surface area contributed by atoms with Gasteiger partial charge in [0.2, 0.25) is 0 Å². The summed E-state index contributed by atoms with van der Waals surface area (Å²) in [5, 5.41) is 11.1. The van der Waals surface area contributed by atoms with Crippen LogP contribution in [0.25, 0.3) is 0 Å². The van der Waals surface area contributed by atoms with Gasteiger partial charge in [0.15, 0.2) is 11.5 Å². The van der Waals surface area contributed by atoms with Gasteiger partial charge in [-0.1, -0.05) is 18.1 Å². The smallest absolute Gasteiger partial charge is 0.298 e. The van der Waals surface area contributed by atoms with E-state index in [1.165, 1.54) is 11.1 Å². The zero-order chi connectivity index (χ0) is 25.4. The summed E-state index contributed by atoms with van der Waals surface area (Å²) in [5.74, 6) is 7.05. The number of benzene rings is 2. The molecular weight excluding hydrogens is 450 g/mol. The van der Waals surface area contributed by atoms with Crippen LogP contribution in [0, 0.1) is 24.7 Å². The van der Waals surface area contributed by atoms with Gasteiger partial charge in [0.25, 0.3) is 5.91 Å². The fourth-order valence-corrected chi connectivity index (χ4v) is 7.66. The Morgan fingerprint density at radius 3 is 2.78 bits per heavy atom. The molecule has 2 aliphatic heterocycles. The molecule has 6 rings (SSSR count). The molecule has 2 aromatic carbocycles. The largest absolute Gasteiger partial charge is 0.504 e. The predicted octanol–water partition coefficient (Wildman–Crippen LogP) is 3.31. The van der Waals surface area contributed by atoms with Gasteiger partial charge < -0.3 is 24.5 Å². The quantitative estimate of drug-likeness (QED) is 0.662. The van der Waals surface area contributed by atoms with E-state index < -0.39 is 0 Å². The van der Waals surface area contributed by atoms with Gasteiger partial charge in [-0.3, -0.25) is 4.79 Å². The molecule has 1 saturated heterocycles. The number of aryl methyl sites for hydroxylation is 1. The molecule has 0 aromatic heterocycles. The van der Waals surface area contributed by atoms with Crippen molar-refractivity contribution < 1.29 is 14.6 Å². The lowest BCUT2D eigenvalue weighted by Gasteiger charge is -2.60. The van der Waals surface area contributed by atoms with Crippen LogP contribution >= 0.6 is 0 Å². The molecule has 1 saturated carbocycles. The van der Waals surface area contributed by atoms with Gasteiger partial charge in [0, 0.05) is 61.4 Å². The first kappa shape index (κ1) is 23.2.